The molecular weight excluding hydrogens is 232 g/mol. The quantitative estimate of drug-likeness (QED) is 0.733. The Morgan fingerprint density at radius 1 is 1.29 bits per heavy atom. The molecule has 4 heteroatoms. The zero-order chi connectivity index (χ0) is 12.1. The van der Waals surface area contributed by atoms with E-state index in [4.69, 9.17) is 18.0 Å². The summed E-state index contributed by atoms with van der Waals surface area (Å²) in [6.07, 6.45) is 8.04. The Kier molecular flexibility index (Phi) is 2.47. The molecule has 3 rings (SSSR count). The topological polar surface area (TPSA) is 55.1 Å². The highest BCUT2D eigenvalue weighted by Gasteiger charge is 2.54. The number of amides is 1. The van der Waals surface area contributed by atoms with Crippen molar-refractivity contribution < 1.29 is 4.79 Å². The summed E-state index contributed by atoms with van der Waals surface area (Å²) in [6, 6.07) is 0. The number of thiocarbonyl (C=S) groups is 1. The van der Waals surface area contributed by atoms with Gasteiger partial charge in [-0.05, 0) is 49.9 Å². The number of rotatable bonds is 5. The largest absolute Gasteiger partial charge is 0.392 e. The molecule has 94 valence electrons. The van der Waals surface area contributed by atoms with Gasteiger partial charge in [-0.25, -0.2) is 0 Å². The highest BCUT2D eigenvalue weighted by Crippen LogP contribution is 2.60. The van der Waals surface area contributed by atoms with E-state index in [1.54, 1.807) is 0 Å². The van der Waals surface area contributed by atoms with Gasteiger partial charge in [-0.2, -0.15) is 0 Å². The molecule has 0 unspecified atom stereocenters. The highest BCUT2D eigenvalue weighted by atomic mass is 32.1. The van der Waals surface area contributed by atoms with E-state index in [2.05, 4.69) is 5.32 Å². The van der Waals surface area contributed by atoms with Gasteiger partial charge in [-0.15, -0.1) is 0 Å². The van der Waals surface area contributed by atoms with E-state index in [0.29, 0.717) is 10.4 Å². The minimum Gasteiger partial charge on any atom is -0.392 e. The summed E-state index contributed by atoms with van der Waals surface area (Å²) < 4.78 is 0. The van der Waals surface area contributed by atoms with Crippen molar-refractivity contribution in [3.8, 4) is 0 Å². The van der Waals surface area contributed by atoms with E-state index in [1.807, 2.05) is 0 Å². The first-order chi connectivity index (χ1) is 8.09. The Balaban J connectivity index is 1.58. The van der Waals surface area contributed by atoms with Gasteiger partial charge in [0.15, 0.2) is 0 Å². The van der Waals surface area contributed by atoms with Crippen LogP contribution in [0.3, 0.4) is 0 Å². The van der Waals surface area contributed by atoms with Crippen LogP contribution in [-0.2, 0) is 4.79 Å². The SMILES string of the molecule is NC(=S)C1(C(=O)NCC2(C3CC3)CC2)CCC1. The minimum absolute atomic E-state index is 0.0863. The van der Waals surface area contributed by atoms with Crippen molar-refractivity contribution in [1.82, 2.24) is 5.32 Å². The highest BCUT2D eigenvalue weighted by molar-refractivity contribution is 7.80. The maximum absolute atomic E-state index is 12.2. The summed E-state index contributed by atoms with van der Waals surface area (Å²) in [6.45, 7) is 0.848. The van der Waals surface area contributed by atoms with Crippen LogP contribution in [0.4, 0.5) is 0 Å². The van der Waals surface area contributed by atoms with Crippen LogP contribution in [0.5, 0.6) is 0 Å². The molecule has 0 aromatic heterocycles. The van der Waals surface area contributed by atoms with Gasteiger partial charge in [0.1, 0.15) is 0 Å². The molecule has 0 aromatic carbocycles. The molecule has 3 fully saturated rings. The second-order valence-corrected chi connectivity index (χ2v) is 6.56. The molecule has 3 nitrogen and oxygen atoms in total. The number of carbonyl (C=O) groups is 1. The minimum atomic E-state index is -0.505. The van der Waals surface area contributed by atoms with Gasteiger partial charge in [-0.3, -0.25) is 4.79 Å². The fraction of sp³-hybridized carbons (Fsp3) is 0.846. The summed E-state index contributed by atoms with van der Waals surface area (Å²) >= 11 is 5.06. The third kappa shape index (κ3) is 1.77. The van der Waals surface area contributed by atoms with Crippen LogP contribution in [0.25, 0.3) is 0 Å². The molecule has 3 aliphatic carbocycles. The van der Waals surface area contributed by atoms with Gasteiger partial charge in [0.05, 0.1) is 10.4 Å². The second-order valence-electron chi connectivity index (χ2n) is 6.12. The molecule has 0 aromatic rings. The van der Waals surface area contributed by atoms with Crippen LogP contribution in [0.2, 0.25) is 0 Å². The number of carbonyl (C=O) groups excluding carboxylic acids is 1. The summed E-state index contributed by atoms with van der Waals surface area (Å²) in [5.74, 6) is 0.966. The first-order valence-electron chi connectivity index (χ1n) is 6.67. The zero-order valence-corrected chi connectivity index (χ0v) is 10.9. The molecule has 1 amide bonds. The van der Waals surface area contributed by atoms with Gasteiger partial charge in [-0.1, -0.05) is 18.6 Å². The standard InChI is InChI=1S/C13H20N2OS/c14-10(17)13(4-1-5-13)11(16)15-8-12(6-7-12)9-2-3-9/h9H,1-8H2,(H2,14,17)(H,15,16). The Labute approximate surface area is 108 Å². The third-order valence-corrected chi connectivity index (χ3v) is 5.44. The molecule has 3 aliphatic rings. The normalized spacial score (nSPS) is 28.0. The number of hydrogen-bond donors (Lipinski definition) is 2. The lowest BCUT2D eigenvalue weighted by Crippen LogP contribution is -2.54. The van der Waals surface area contributed by atoms with Crippen molar-refractivity contribution in [3.05, 3.63) is 0 Å². The smallest absolute Gasteiger partial charge is 0.233 e. The molecule has 0 radical (unpaired) electrons. The fourth-order valence-corrected chi connectivity index (χ4v) is 3.42. The summed E-state index contributed by atoms with van der Waals surface area (Å²) in [7, 11) is 0. The average Bonchev–Trinajstić information content (AvgIpc) is 3.05. The van der Waals surface area contributed by atoms with Crippen LogP contribution in [0, 0.1) is 16.7 Å². The molecule has 0 spiro atoms. The van der Waals surface area contributed by atoms with Crippen molar-refractivity contribution in [3.63, 3.8) is 0 Å². The van der Waals surface area contributed by atoms with Gasteiger partial charge in [0.2, 0.25) is 5.91 Å². The lowest BCUT2D eigenvalue weighted by Gasteiger charge is -2.39. The third-order valence-electron chi connectivity index (χ3n) is 5.05. The van der Waals surface area contributed by atoms with Gasteiger partial charge < -0.3 is 11.1 Å². The van der Waals surface area contributed by atoms with E-state index in [-0.39, 0.29) is 5.91 Å². The van der Waals surface area contributed by atoms with Gasteiger partial charge in [0.25, 0.3) is 0 Å². The number of hydrogen-bond acceptors (Lipinski definition) is 2. The summed E-state index contributed by atoms with van der Waals surface area (Å²) in [5, 5.41) is 3.12. The molecule has 0 saturated heterocycles. The van der Waals surface area contributed by atoms with Crippen molar-refractivity contribution in [1.29, 1.82) is 0 Å². The molecule has 3 N–H and O–H groups in total. The van der Waals surface area contributed by atoms with E-state index in [0.717, 1.165) is 31.7 Å². The van der Waals surface area contributed by atoms with Crippen LogP contribution in [0.1, 0.15) is 44.9 Å². The first-order valence-corrected chi connectivity index (χ1v) is 7.08. The number of nitrogens with two attached hydrogens (primary N) is 1. The van der Waals surface area contributed by atoms with Crippen molar-refractivity contribution in [2.24, 2.45) is 22.5 Å². The van der Waals surface area contributed by atoms with Crippen molar-refractivity contribution in [2.45, 2.75) is 44.9 Å². The second kappa shape index (κ2) is 3.67. The predicted molar refractivity (Wildman–Crippen MR) is 70.5 cm³/mol. The van der Waals surface area contributed by atoms with E-state index in [1.165, 1.54) is 25.7 Å². The molecule has 0 aliphatic heterocycles. The van der Waals surface area contributed by atoms with E-state index < -0.39 is 5.41 Å². The first kappa shape index (κ1) is 11.5. The fourth-order valence-electron chi connectivity index (χ4n) is 3.13. The monoisotopic (exact) mass is 252 g/mol. The Morgan fingerprint density at radius 3 is 2.29 bits per heavy atom. The molecule has 0 bridgehead atoms. The Morgan fingerprint density at radius 2 is 1.94 bits per heavy atom. The lowest BCUT2D eigenvalue weighted by molar-refractivity contribution is -0.131. The van der Waals surface area contributed by atoms with Crippen LogP contribution in [-0.4, -0.2) is 17.4 Å². The zero-order valence-electron chi connectivity index (χ0n) is 10.1. The predicted octanol–water partition coefficient (Wildman–Crippen LogP) is 1.75. The van der Waals surface area contributed by atoms with Crippen molar-refractivity contribution >= 4 is 23.1 Å². The lowest BCUT2D eigenvalue weighted by atomic mass is 9.68. The van der Waals surface area contributed by atoms with Crippen LogP contribution >= 0.6 is 12.2 Å². The van der Waals surface area contributed by atoms with Gasteiger partial charge in [0, 0.05) is 6.54 Å². The number of nitrogens with one attached hydrogen (secondary N) is 1. The summed E-state index contributed by atoms with van der Waals surface area (Å²) in [5.41, 5.74) is 5.68. The maximum atomic E-state index is 12.2. The van der Waals surface area contributed by atoms with Crippen molar-refractivity contribution in [2.75, 3.05) is 6.54 Å². The van der Waals surface area contributed by atoms with E-state index >= 15 is 0 Å². The molecule has 0 atom stereocenters. The Hall–Kier alpha value is -0.640. The van der Waals surface area contributed by atoms with E-state index in [9.17, 15) is 4.79 Å². The molecular formula is C13H20N2OS. The summed E-state index contributed by atoms with van der Waals surface area (Å²) in [4.78, 5) is 12.6. The molecule has 17 heavy (non-hydrogen) atoms. The van der Waals surface area contributed by atoms with Gasteiger partial charge >= 0.3 is 0 Å². The molecule has 3 saturated carbocycles. The van der Waals surface area contributed by atoms with Crippen LogP contribution in [0.15, 0.2) is 0 Å². The Bertz CT molecular complexity index is 368. The van der Waals surface area contributed by atoms with Crippen LogP contribution < -0.4 is 11.1 Å². The maximum Gasteiger partial charge on any atom is 0.233 e. The molecule has 0 heterocycles. The average molecular weight is 252 g/mol.